The van der Waals surface area contributed by atoms with Crippen LogP contribution in [0.5, 0.6) is 0 Å². The van der Waals surface area contributed by atoms with E-state index in [1.54, 1.807) is 32.4 Å². The predicted octanol–water partition coefficient (Wildman–Crippen LogP) is 5.17. The maximum absolute atomic E-state index is 14.5. The Balaban J connectivity index is 1.78. The molecule has 13 nitrogen and oxygen atoms in total. The topological polar surface area (TPSA) is 145 Å². The lowest BCUT2D eigenvalue weighted by Crippen LogP contribution is -2.60. The zero-order chi connectivity index (χ0) is 43.8. The lowest BCUT2D eigenvalue weighted by molar-refractivity contribution is -0.148. The molecule has 332 valence electrons. The number of likely N-dealkylation sites (tertiary alicyclic amines) is 1. The van der Waals surface area contributed by atoms with Gasteiger partial charge >= 0.3 is 0 Å². The highest BCUT2D eigenvalue weighted by molar-refractivity contribution is 7.09. The van der Waals surface area contributed by atoms with Gasteiger partial charge in [0.05, 0.1) is 48.7 Å². The van der Waals surface area contributed by atoms with Gasteiger partial charge in [0.1, 0.15) is 11.0 Å². The molecule has 0 bridgehead atoms. The molecule has 2 aromatic rings. The average Bonchev–Trinajstić information content (AvgIpc) is 3.93. The molecule has 0 saturated carbocycles. The van der Waals surface area contributed by atoms with Crippen molar-refractivity contribution in [3.05, 3.63) is 52.5 Å². The number of methoxy groups -OCH3 is 2. The van der Waals surface area contributed by atoms with E-state index in [-0.39, 0.29) is 59.9 Å². The first kappa shape index (κ1) is 49.9. The predicted molar refractivity (Wildman–Crippen MR) is 236 cm³/mol. The van der Waals surface area contributed by atoms with Gasteiger partial charge in [0, 0.05) is 39.4 Å². The van der Waals surface area contributed by atoms with E-state index >= 15 is 0 Å². The number of aromatic nitrogens is 1. The minimum Gasteiger partial charge on any atom is -0.379 e. The molecule has 0 radical (unpaired) electrons. The van der Waals surface area contributed by atoms with Crippen LogP contribution in [0.4, 0.5) is 0 Å². The van der Waals surface area contributed by atoms with Gasteiger partial charge in [-0.1, -0.05) is 85.2 Å². The van der Waals surface area contributed by atoms with Crippen LogP contribution in [0, 0.1) is 23.7 Å². The van der Waals surface area contributed by atoms with Gasteiger partial charge in [0.15, 0.2) is 0 Å². The summed E-state index contributed by atoms with van der Waals surface area (Å²) < 4.78 is 12.2. The van der Waals surface area contributed by atoms with Gasteiger partial charge in [-0.2, -0.15) is 0 Å². The largest absolute Gasteiger partial charge is 0.379 e. The number of amides is 4. The molecule has 3 rings (SSSR count). The maximum Gasteiger partial charge on any atom is 0.245 e. The van der Waals surface area contributed by atoms with E-state index in [0.29, 0.717) is 19.4 Å². The molecule has 0 aliphatic carbocycles. The van der Waals surface area contributed by atoms with Crippen molar-refractivity contribution in [1.82, 2.24) is 35.6 Å². The smallest absolute Gasteiger partial charge is 0.245 e. The van der Waals surface area contributed by atoms with Crippen molar-refractivity contribution >= 4 is 35.0 Å². The summed E-state index contributed by atoms with van der Waals surface area (Å²) in [6.45, 7) is 16.1. The molecule has 1 aromatic carbocycles. The normalized spacial score (nSPS) is 18.6. The number of carbonyl (C=O) groups excluding carboxylic acids is 4. The van der Waals surface area contributed by atoms with Gasteiger partial charge in [-0.25, -0.2) is 4.98 Å². The number of carbonyl (C=O) groups is 4. The van der Waals surface area contributed by atoms with Gasteiger partial charge in [-0.3, -0.25) is 24.1 Å². The van der Waals surface area contributed by atoms with Gasteiger partial charge < -0.3 is 35.2 Å². The lowest BCUT2D eigenvalue weighted by Gasteiger charge is -2.41. The fourth-order valence-electron chi connectivity index (χ4n) is 8.69. The second kappa shape index (κ2) is 24.7. The van der Waals surface area contributed by atoms with Crippen molar-refractivity contribution in [2.24, 2.45) is 23.7 Å². The minimum atomic E-state index is -0.764. The fraction of sp³-hybridized carbons (Fsp3) is 0.711. The molecule has 2 heterocycles. The molecule has 14 heteroatoms. The van der Waals surface area contributed by atoms with Crippen LogP contribution >= 0.6 is 11.3 Å². The Labute approximate surface area is 358 Å². The lowest BCUT2D eigenvalue weighted by atomic mass is 9.89. The molecule has 3 N–H and O–H groups in total. The van der Waals surface area contributed by atoms with Crippen LogP contribution in [0.25, 0.3) is 0 Å². The van der Waals surface area contributed by atoms with Crippen LogP contribution in [0.3, 0.4) is 0 Å². The molecule has 1 aliphatic rings. The molecule has 1 aromatic heterocycles. The van der Waals surface area contributed by atoms with Crippen LogP contribution < -0.4 is 16.0 Å². The number of nitrogens with zero attached hydrogens (tertiary/aromatic N) is 4. The number of hydrogen-bond donors (Lipinski definition) is 3. The van der Waals surface area contributed by atoms with Crippen molar-refractivity contribution < 1.29 is 28.7 Å². The summed E-state index contributed by atoms with van der Waals surface area (Å²) in [5.41, 5.74) is 1.09. The fourth-order valence-corrected chi connectivity index (χ4v) is 9.38. The summed E-state index contributed by atoms with van der Waals surface area (Å²) in [6.07, 6.45) is 4.36. The Bertz CT molecular complexity index is 1560. The van der Waals surface area contributed by atoms with Crippen LogP contribution in [-0.4, -0.2) is 135 Å². The SMILES string of the molecule is CC[C@H](C)[C@@H]([C@H](CC(=O)N1CCC[C@H]1[C@H](OC)[C@@H](C)C(=O)N[C@@H](Cc1ccccc1)c1nccs1)OC)N(C)C(=O)[C@@H](NC(=O)[C@H](C(C)C)N(C)CCCNC)C(C)C. The van der Waals surface area contributed by atoms with Gasteiger partial charge in [0.25, 0.3) is 0 Å². The van der Waals surface area contributed by atoms with E-state index < -0.39 is 36.3 Å². The molecule has 1 fully saturated rings. The third kappa shape index (κ3) is 13.8. The number of likely N-dealkylation sites (N-methyl/N-ethyl adjacent to an activating group) is 2. The first-order chi connectivity index (χ1) is 28.1. The van der Waals surface area contributed by atoms with Gasteiger partial charge in [-0.05, 0) is 76.2 Å². The number of thiazole rings is 1. The molecule has 9 atom stereocenters. The van der Waals surface area contributed by atoms with E-state index in [4.69, 9.17) is 9.47 Å². The third-order valence-corrected chi connectivity index (χ3v) is 13.0. The highest BCUT2D eigenvalue weighted by Gasteiger charge is 2.43. The minimum absolute atomic E-state index is 0.0154. The van der Waals surface area contributed by atoms with E-state index in [2.05, 4.69) is 39.7 Å². The zero-order valence-corrected chi connectivity index (χ0v) is 38.7. The van der Waals surface area contributed by atoms with Crippen LogP contribution in [0.2, 0.25) is 0 Å². The highest BCUT2D eigenvalue weighted by Crippen LogP contribution is 2.30. The van der Waals surface area contributed by atoms with Crippen molar-refractivity contribution in [2.75, 3.05) is 55.0 Å². The Morgan fingerprint density at radius 3 is 2.22 bits per heavy atom. The Hall–Kier alpha value is -3.43. The molecule has 59 heavy (non-hydrogen) atoms. The van der Waals surface area contributed by atoms with Gasteiger partial charge in [0.2, 0.25) is 23.6 Å². The molecule has 1 saturated heterocycles. The monoisotopic (exact) mass is 842 g/mol. The Morgan fingerprint density at radius 1 is 0.966 bits per heavy atom. The van der Waals surface area contributed by atoms with Crippen LogP contribution in [0.15, 0.2) is 41.9 Å². The molecule has 1 aliphatic heterocycles. The second-order valence-electron chi connectivity index (χ2n) is 17.1. The Morgan fingerprint density at radius 2 is 1.66 bits per heavy atom. The van der Waals surface area contributed by atoms with E-state index in [1.165, 1.54) is 11.3 Å². The average molecular weight is 842 g/mol. The summed E-state index contributed by atoms with van der Waals surface area (Å²) in [4.78, 5) is 66.8. The summed E-state index contributed by atoms with van der Waals surface area (Å²) in [7, 11) is 8.82. The van der Waals surface area contributed by atoms with Crippen molar-refractivity contribution in [2.45, 2.75) is 129 Å². The molecule has 4 amide bonds. The number of nitrogens with one attached hydrogen (secondary N) is 3. The third-order valence-electron chi connectivity index (χ3n) is 12.2. The summed E-state index contributed by atoms with van der Waals surface area (Å²) in [5, 5.41) is 12.3. The zero-order valence-electron chi connectivity index (χ0n) is 37.9. The first-order valence-corrected chi connectivity index (χ1v) is 22.5. The molecular formula is C45H75N7O6S. The van der Waals surface area contributed by atoms with Crippen LogP contribution in [-0.2, 0) is 35.1 Å². The van der Waals surface area contributed by atoms with Crippen molar-refractivity contribution in [1.29, 1.82) is 0 Å². The standard InChI is InChI=1S/C45H75N7O6S/c1-13-31(6)40(51(10)45(56)38(29(2)3)49-43(55)39(30(4)5)50(9)24-18-22-46-8)36(57-11)28-37(53)52-25-17-21-35(52)41(58-12)32(7)42(54)48-34(44-47-23-26-59-44)27-33-19-15-14-16-20-33/h14-16,19-20,23,26,29-32,34-36,38-41,46H,13,17-18,21-22,24-25,27-28H2,1-12H3,(H,48,54)(H,49,55)/t31-,32+,34-,35-,36-,38-,39-,40-,41+/m0/s1. The Kier molecular flexibility index (Phi) is 20.9. The van der Waals surface area contributed by atoms with E-state index in [9.17, 15) is 19.2 Å². The summed E-state index contributed by atoms with van der Waals surface area (Å²) >= 11 is 1.51. The van der Waals surface area contributed by atoms with Crippen LogP contribution in [0.1, 0.15) is 97.2 Å². The quantitative estimate of drug-likeness (QED) is 0.115. The second-order valence-corrected chi connectivity index (χ2v) is 18.0. The molecule has 0 unspecified atom stereocenters. The highest BCUT2D eigenvalue weighted by atomic mass is 32.1. The van der Waals surface area contributed by atoms with E-state index in [0.717, 1.165) is 42.9 Å². The molecular weight excluding hydrogens is 767 g/mol. The number of ether oxygens (including phenoxy) is 2. The summed E-state index contributed by atoms with van der Waals surface area (Å²) in [5.74, 6) is -1.37. The van der Waals surface area contributed by atoms with E-state index in [1.807, 2.05) is 89.3 Å². The maximum atomic E-state index is 14.5. The molecule has 0 spiro atoms. The first-order valence-electron chi connectivity index (χ1n) is 21.6. The summed E-state index contributed by atoms with van der Waals surface area (Å²) in [6, 6.07) is 7.80. The van der Waals surface area contributed by atoms with Crippen molar-refractivity contribution in [3.8, 4) is 0 Å². The number of benzene rings is 1. The van der Waals surface area contributed by atoms with Crippen molar-refractivity contribution in [3.63, 3.8) is 0 Å². The van der Waals surface area contributed by atoms with Gasteiger partial charge in [-0.15, -0.1) is 11.3 Å². The number of rotatable bonds is 25. The number of hydrogen-bond acceptors (Lipinski definition) is 10.